The van der Waals surface area contributed by atoms with Gasteiger partial charge in [-0.1, -0.05) is 6.92 Å². The molecule has 0 aromatic rings. The number of rotatable bonds is 5. The molecule has 1 atom stereocenters. The van der Waals surface area contributed by atoms with E-state index in [0.29, 0.717) is 26.2 Å². The van der Waals surface area contributed by atoms with Crippen molar-refractivity contribution < 1.29 is 17.9 Å². The van der Waals surface area contributed by atoms with Gasteiger partial charge in [0.05, 0.1) is 18.6 Å². The molecule has 106 valence electrons. The Morgan fingerprint density at radius 3 is 2.39 bits per heavy atom. The van der Waals surface area contributed by atoms with E-state index in [-0.39, 0.29) is 17.5 Å². The Bertz CT molecular complexity index is 382. The first-order valence-corrected chi connectivity index (χ1v) is 7.91. The number of hydrogen-bond donors (Lipinski definition) is 1. The molecule has 1 saturated heterocycles. The quantitative estimate of drug-likeness (QED) is 0.668. The van der Waals surface area contributed by atoms with Crippen molar-refractivity contribution in [1.82, 2.24) is 10.2 Å². The summed E-state index contributed by atoms with van der Waals surface area (Å²) in [5.74, 6) is 0.00465. The van der Waals surface area contributed by atoms with Gasteiger partial charge in [0.1, 0.15) is 5.54 Å². The number of sulfone groups is 1. The smallest absolute Gasteiger partial charge is 0.327 e. The van der Waals surface area contributed by atoms with Gasteiger partial charge in [0.25, 0.3) is 0 Å². The van der Waals surface area contributed by atoms with Gasteiger partial charge in [-0.25, -0.2) is 8.42 Å². The SMILES string of the molecule is CCNC(C)(CN1CCS(=O)(=O)CC1)C(=O)OC. The summed E-state index contributed by atoms with van der Waals surface area (Å²) in [6.07, 6.45) is 0. The zero-order valence-electron chi connectivity index (χ0n) is 11.2. The van der Waals surface area contributed by atoms with Gasteiger partial charge in [-0.15, -0.1) is 0 Å². The summed E-state index contributed by atoms with van der Waals surface area (Å²) in [4.78, 5) is 13.8. The Morgan fingerprint density at radius 1 is 1.39 bits per heavy atom. The minimum atomic E-state index is -2.89. The first kappa shape index (κ1) is 15.4. The van der Waals surface area contributed by atoms with Gasteiger partial charge in [-0.3, -0.25) is 9.69 Å². The summed E-state index contributed by atoms with van der Waals surface area (Å²) in [5.41, 5.74) is -0.787. The van der Waals surface area contributed by atoms with Gasteiger partial charge in [0.2, 0.25) is 0 Å². The van der Waals surface area contributed by atoms with Crippen LogP contribution in [0.5, 0.6) is 0 Å². The van der Waals surface area contributed by atoms with Gasteiger partial charge in [0.15, 0.2) is 9.84 Å². The van der Waals surface area contributed by atoms with Crippen molar-refractivity contribution >= 4 is 15.8 Å². The molecule has 18 heavy (non-hydrogen) atoms. The predicted molar refractivity (Wildman–Crippen MR) is 69.2 cm³/mol. The van der Waals surface area contributed by atoms with Crippen LogP contribution < -0.4 is 5.32 Å². The molecule has 1 aliphatic heterocycles. The fraction of sp³-hybridized carbons (Fsp3) is 0.909. The molecule has 1 fully saturated rings. The van der Waals surface area contributed by atoms with Crippen molar-refractivity contribution in [3.8, 4) is 0 Å². The second-order valence-corrected chi connectivity index (χ2v) is 7.09. The summed E-state index contributed by atoms with van der Waals surface area (Å²) < 4.78 is 27.5. The highest BCUT2D eigenvalue weighted by Gasteiger charge is 2.36. The number of hydrogen-bond acceptors (Lipinski definition) is 6. The number of methoxy groups -OCH3 is 1. The van der Waals surface area contributed by atoms with E-state index in [2.05, 4.69) is 5.32 Å². The topological polar surface area (TPSA) is 75.7 Å². The van der Waals surface area contributed by atoms with E-state index in [1.165, 1.54) is 7.11 Å². The first-order chi connectivity index (χ1) is 8.33. The van der Waals surface area contributed by atoms with Crippen LogP contribution in [0.2, 0.25) is 0 Å². The maximum atomic E-state index is 11.8. The highest BCUT2D eigenvalue weighted by Crippen LogP contribution is 2.12. The minimum absolute atomic E-state index is 0.163. The van der Waals surface area contributed by atoms with E-state index in [4.69, 9.17) is 4.74 Å². The lowest BCUT2D eigenvalue weighted by Gasteiger charge is -2.35. The fourth-order valence-corrected chi connectivity index (χ4v) is 3.44. The lowest BCUT2D eigenvalue weighted by molar-refractivity contribution is -0.148. The van der Waals surface area contributed by atoms with Crippen molar-refractivity contribution in [2.45, 2.75) is 19.4 Å². The van der Waals surface area contributed by atoms with E-state index in [1.807, 2.05) is 11.8 Å². The Kier molecular flexibility index (Phi) is 5.12. The monoisotopic (exact) mass is 278 g/mol. The zero-order valence-corrected chi connectivity index (χ0v) is 12.0. The molecule has 0 amide bonds. The second-order valence-electron chi connectivity index (χ2n) is 4.78. The lowest BCUT2D eigenvalue weighted by atomic mass is 10.0. The number of carbonyl (C=O) groups is 1. The molecule has 0 bridgehead atoms. The molecular weight excluding hydrogens is 256 g/mol. The maximum absolute atomic E-state index is 11.8. The Hall–Kier alpha value is -0.660. The van der Waals surface area contributed by atoms with Gasteiger partial charge >= 0.3 is 5.97 Å². The molecule has 1 aliphatic rings. The van der Waals surface area contributed by atoms with Crippen molar-refractivity contribution in [1.29, 1.82) is 0 Å². The van der Waals surface area contributed by atoms with Crippen LogP contribution in [0.3, 0.4) is 0 Å². The van der Waals surface area contributed by atoms with Crippen LogP contribution in [0.25, 0.3) is 0 Å². The predicted octanol–water partition coefficient (Wildman–Crippen LogP) is -0.742. The Balaban J connectivity index is 2.65. The van der Waals surface area contributed by atoms with Crippen LogP contribution >= 0.6 is 0 Å². The van der Waals surface area contributed by atoms with E-state index in [9.17, 15) is 13.2 Å². The zero-order chi connectivity index (χ0) is 13.8. The fourth-order valence-electron chi connectivity index (χ4n) is 2.16. The third-order valence-corrected chi connectivity index (χ3v) is 4.79. The van der Waals surface area contributed by atoms with E-state index >= 15 is 0 Å². The van der Waals surface area contributed by atoms with Crippen molar-refractivity contribution in [3.63, 3.8) is 0 Å². The van der Waals surface area contributed by atoms with Crippen molar-refractivity contribution in [2.75, 3.05) is 44.8 Å². The van der Waals surface area contributed by atoms with E-state index in [0.717, 1.165) is 0 Å². The summed E-state index contributed by atoms with van der Waals surface area (Å²) in [5, 5.41) is 3.11. The van der Waals surface area contributed by atoms with Crippen LogP contribution in [-0.4, -0.2) is 69.6 Å². The van der Waals surface area contributed by atoms with Crippen molar-refractivity contribution in [2.24, 2.45) is 0 Å². The number of nitrogens with one attached hydrogen (secondary N) is 1. The van der Waals surface area contributed by atoms with E-state index in [1.54, 1.807) is 6.92 Å². The van der Waals surface area contributed by atoms with Crippen LogP contribution in [0.15, 0.2) is 0 Å². The number of ether oxygens (including phenoxy) is 1. The molecule has 7 heteroatoms. The molecule has 6 nitrogen and oxygen atoms in total. The van der Waals surface area contributed by atoms with E-state index < -0.39 is 15.4 Å². The average molecular weight is 278 g/mol. The summed E-state index contributed by atoms with van der Waals surface area (Å²) in [7, 11) is -1.53. The second kappa shape index (κ2) is 5.99. The Morgan fingerprint density at radius 2 is 1.94 bits per heavy atom. The molecule has 0 saturated carbocycles. The molecule has 0 spiro atoms. The lowest BCUT2D eigenvalue weighted by Crippen LogP contribution is -2.59. The molecule has 1 heterocycles. The minimum Gasteiger partial charge on any atom is -0.468 e. The van der Waals surface area contributed by atoms with Crippen LogP contribution in [-0.2, 0) is 19.4 Å². The molecule has 1 unspecified atom stereocenters. The molecule has 0 aromatic heterocycles. The molecule has 1 rings (SSSR count). The Labute approximate surface area is 109 Å². The van der Waals surface area contributed by atoms with Crippen molar-refractivity contribution in [3.05, 3.63) is 0 Å². The first-order valence-electron chi connectivity index (χ1n) is 6.09. The third-order valence-electron chi connectivity index (χ3n) is 3.18. The third kappa shape index (κ3) is 3.93. The summed E-state index contributed by atoms with van der Waals surface area (Å²) in [6.45, 7) is 5.76. The van der Waals surface area contributed by atoms with Crippen LogP contribution in [0.4, 0.5) is 0 Å². The van der Waals surface area contributed by atoms with Gasteiger partial charge in [-0.05, 0) is 13.5 Å². The normalized spacial score (nSPS) is 23.3. The molecule has 1 N–H and O–H groups in total. The highest BCUT2D eigenvalue weighted by atomic mass is 32.2. The summed E-state index contributed by atoms with van der Waals surface area (Å²) in [6, 6.07) is 0. The van der Waals surface area contributed by atoms with Gasteiger partial charge in [0, 0.05) is 19.6 Å². The molecular formula is C11H22N2O4S. The molecule has 0 aromatic carbocycles. The number of likely N-dealkylation sites (N-methyl/N-ethyl adjacent to an activating group) is 1. The van der Waals surface area contributed by atoms with Crippen LogP contribution in [0.1, 0.15) is 13.8 Å². The summed E-state index contributed by atoms with van der Waals surface area (Å²) >= 11 is 0. The van der Waals surface area contributed by atoms with Crippen LogP contribution in [0, 0.1) is 0 Å². The standard InChI is InChI=1S/C11H22N2O4S/c1-4-12-11(2,10(14)17-3)9-13-5-7-18(15,16)8-6-13/h12H,4-9H2,1-3H3. The number of carbonyl (C=O) groups excluding carboxylic acids is 1. The number of esters is 1. The van der Waals surface area contributed by atoms with Gasteiger partial charge in [-0.2, -0.15) is 0 Å². The maximum Gasteiger partial charge on any atom is 0.327 e. The number of nitrogens with zero attached hydrogens (tertiary/aromatic N) is 1. The van der Waals surface area contributed by atoms with Gasteiger partial charge < -0.3 is 10.1 Å². The average Bonchev–Trinajstić information content (AvgIpc) is 2.31. The molecule has 0 aliphatic carbocycles. The highest BCUT2D eigenvalue weighted by molar-refractivity contribution is 7.91. The largest absolute Gasteiger partial charge is 0.468 e. The molecule has 0 radical (unpaired) electrons.